The average molecular weight is 312 g/mol. The van der Waals surface area contributed by atoms with Gasteiger partial charge >= 0.3 is 0 Å². The number of ether oxygens (including phenoxy) is 1. The number of amides is 1. The zero-order valence-corrected chi connectivity index (χ0v) is 13.3. The van der Waals surface area contributed by atoms with Crippen molar-refractivity contribution in [2.45, 2.75) is 32.8 Å². The molecule has 0 saturated carbocycles. The number of benzene rings is 1. The van der Waals surface area contributed by atoms with Crippen LogP contribution < -0.4 is 10.6 Å². The smallest absolute Gasteiger partial charge is 0.254 e. The predicted octanol–water partition coefficient (Wildman–Crippen LogP) is 2.95. The summed E-state index contributed by atoms with van der Waals surface area (Å²) in [5, 5.41) is 14.1. The Morgan fingerprint density at radius 1 is 1.17 bits per heavy atom. The minimum atomic E-state index is -0.371. The average Bonchev–Trinajstić information content (AvgIpc) is 3.07. The van der Waals surface area contributed by atoms with Crippen LogP contribution in [0.25, 0.3) is 0 Å². The monoisotopic (exact) mass is 312 g/mol. The molecule has 23 heavy (non-hydrogen) atoms. The summed E-state index contributed by atoms with van der Waals surface area (Å²) in [6.45, 7) is 4.72. The molecule has 120 valence electrons. The summed E-state index contributed by atoms with van der Waals surface area (Å²) in [4.78, 5) is 12.0. The van der Waals surface area contributed by atoms with Gasteiger partial charge in [-0.15, -0.1) is 10.2 Å². The molecule has 1 unspecified atom stereocenters. The molecule has 1 aromatic heterocycles. The van der Waals surface area contributed by atoms with Crippen LogP contribution in [0.5, 0.6) is 0 Å². The normalized spacial score (nSPS) is 17.0. The fourth-order valence-corrected chi connectivity index (χ4v) is 2.47. The Morgan fingerprint density at radius 2 is 1.96 bits per heavy atom. The number of hydrogen-bond donors (Lipinski definition) is 2. The summed E-state index contributed by atoms with van der Waals surface area (Å²) in [6.07, 6.45) is 1.30. The van der Waals surface area contributed by atoms with E-state index in [0.29, 0.717) is 18.2 Å². The van der Waals surface area contributed by atoms with Crippen LogP contribution in [0, 0.1) is 13.8 Å². The number of carbonyl (C=O) groups excluding carboxylic acids is 1. The van der Waals surface area contributed by atoms with E-state index in [2.05, 4.69) is 39.0 Å². The number of rotatable bonds is 4. The van der Waals surface area contributed by atoms with Gasteiger partial charge in [-0.1, -0.05) is 12.1 Å². The van der Waals surface area contributed by atoms with Crippen molar-refractivity contribution in [3.63, 3.8) is 0 Å². The van der Waals surface area contributed by atoms with Gasteiger partial charge in [0.15, 0.2) is 11.6 Å². The lowest BCUT2D eigenvalue weighted by Crippen LogP contribution is -2.27. The Morgan fingerprint density at radius 3 is 2.65 bits per heavy atom. The van der Waals surface area contributed by atoms with Crippen LogP contribution in [-0.4, -0.2) is 28.8 Å². The highest BCUT2D eigenvalue weighted by molar-refractivity contribution is 5.93. The van der Waals surface area contributed by atoms with Gasteiger partial charge in [0.05, 0.1) is 0 Å². The van der Waals surface area contributed by atoms with Gasteiger partial charge in [-0.05, 0) is 56.0 Å². The molecule has 0 radical (unpaired) electrons. The minimum Gasteiger partial charge on any atom is -0.368 e. The van der Waals surface area contributed by atoms with E-state index in [1.165, 1.54) is 5.56 Å². The van der Waals surface area contributed by atoms with Gasteiger partial charge in [0, 0.05) is 12.3 Å². The molecule has 6 heteroatoms. The van der Waals surface area contributed by atoms with Gasteiger partial charge in [-0.3, -0.25) is 4.79 Å². The Balaban J connectivity index is 1.64. The van der Waals surface area contributed by atoms with Gasteiger partial charge in [-0.2, -0.15) is 0 Å². The van der Waals surface area contributed by atoms with Crippen molar-refractivity contribution in [1.29, 1.82) is 0 Å². The van der Waals surface area contributed by atoms with Crippen molar-refractivity contribution in [1.82, 2.24) is 10.2 Å². The maximum absolute atomic E-state index is 12.0. The largest absolute Gasteiger partial charge is 0.368 e. The highest BCUT2D eigenvalue weighted by atomic mass is 16.5. The Kier molecular flexibility index (Phi) is 4.52. The molecule has 1 fully saturated rings. The van der Waals surface area contributed by atoms with Gasteiger partial charge < -0.3 is 15.4 Å². The van der Waals surface area contributed by atoms with Gasteiger partial charge in [-0.25, -0.2) is 0 Å². The fourth-order valence-electron chi connectivity index (χ4n) is 2.47. The maximum atomic E-state index is 12.0. The zero-order chi connectivity index (χ0) is 16.2. The summed E-state index contributed by atoms with van der Waals surface area (Å²) in [7, 11) is 0. The molecule has 6 nitrogen and oxygen atoms in total. The summed E-state index contributed by atoms with van der Waals surface area (Å²) >= 11 is 0. The van der Waals surface area contributed by atoms with Crippen LogP contribution in [0.1, 0.15) is 24.0 Å². The first kappa shape index (κ1) is 15.4. The van der Waals surface area contributed by atoms with E-state index in [4.69, 9.17) is 4.74 Å². The van der Waals surface area contributed by atoms with E-state index >= 15 is 0 Å². The number of nitrogens with zero attached hydrogens (tertiary/aromatic N) is 2. The molecule has 2 aromatic rings. The molecule has 0 spiro atoms. The van der Waals surface area contributed by atoms with Crippen LogP contribution >= 0.6 is 0 Å². The molecule has 1 aliphatic heterocycles. The molecular formula is C17H20N4O2. The highest BCUT2D eigenvalue weighted by Gasteiger charge is 2.23. The first-order valence-electron chi connectivity index (χ1n) is 7.72. The number of hydrogen-bond acceptors (Lipinski definition) is 5. The van der Waals surface area contributed by atoms with Gasteiger partial charge in [0.2, 0.25) is 0 Å². The van der Waals surface area contributed by atoms with Gasteiger partial charge in [0.25, 0.3) is 5.91 Å². The van der Waals surface area contributed by atoms with E-state index in [1.54, 1.807) is 12.1 Å². The molecule has 1 amide bonds. The zero-order valence-electron chi connectivity index (χ0n) is 13.3. The lowest BCUT2D eigenvalue weighted by atomic mass is 10.1. The summed E-state index contributed by atoms with van der Waals surface area (Å²) in [5.74, 6) is 0.901. The van der Waals surface area contributed by atoms with Crippen molar-refractivity contribution in [2.75, 3.05) is 17.2 Å². The SMILES string of the molecule is Cc1ccc(C)c(Nc2ccc(NC(=O)C3CCCO3)nn2)c1. The summed E-state index contributed by atoms with van der Waals surface area (Å²) < 4.78 is 5.34. The lowest BCUT2D eigenvalue weighted by molar-refractivity contribution is -0.124. The minimum absolute atomic E-state index is 0.160. The second-order valence-electron chi connectivity index (χ2n) is 5.74. The van der Waals surface area contributed by atoms with Crippen molar-refractivity contribution in [2.24, 2.45) is 0 Å². The molecule has 1 atom stereocenters. The van der Waals surface area contributed by atoms with Crippen molar-refractivity contribution in [3.8, 4) is 0 Å². The second-order valence-corrected chi connectivity index (χ2v) is 5.74. The number of aryl methyl sites for hydroxylation is 2. The Bertz CT molecular complexity index is 694. The first-order valence-corrected chi connectivity index (χ1v) is 7.72. The van der Waals surface area contributed by atoms with E-state index in [1.807, 2.05) is 13.8 Å². The number of nitrogens with one attached hydrogen (secondary N) is 2. The molecule has 1 aromatic carbocycles. The number of anilines is 3. The Labute approximate surface area is 135 Å². The van der Waals surface area contributed by atoms with Crippen molar-refractivity contribution < 1.29 is 9.53 Å². The third kappa shape index (κ3) is 3.84. The summed E-state index contributed by atoms with van der Waals surface area (Å²) in [5.41, 5.74) is 3.30. The molecule has 1 aliphatic rings. The second kappa shape index (κ2) is 6.75. The van der Waals surface area contributed by atoms with Crippen molar-refractivity contribution >= 4 is 23.2 Å². The number of aromatic nitrogens is 2. The number of carbonyl (C=O) groups is 1. The molecule has 1 saturated heterocycles. The predicted molar refractivity (Wildman–Crippen MR) is 88.8 cm³/mol. The van der Waals surface area contributed by atoms with Crippen molar-refractivity contribution in [3.05, 3.63) is 41.5 Å². The van der Waals surface area contributed by atoms with E-state index < -0.39 is 0 Å². The van der Waals surface area contributed by atoms with Crippen LogP contribution in [-0.2, 0) is 9.53 Å². The standard InChI is InChI=1S/C17H20N4O2/c1-11-5-6-12(2)13(10-11)18-15-7-8-16(21-20-15)19-17(22)14-4-3-9-23-14/h5-8,10,14H,3-4,9H2,1-2H3,(H,18,20)(H,19,21,22). The molecule has 0 bridgehead atoms. The molecule has 2 heterocycles. The molecule has 0 aliphatic carbocycles. The molecular weight excluding hydrogens is 292 g/mol. The Hall–Kier alpha value is -2.47. The van der Waals surface area contributed by atoms with E-state index in [-0.39, 0.29) is 12.0 Å². The first-order chi connectivity index (χ1) is 11.1. The molecule has 3 rings (SSSR count). The topological polar surface area (TPSA) is 76.1 Å². The highest BCUT2D eigenvalue weighted by Crippen LogP contribution is 2.21. The maximum Gasteiger partial charge on any atom is 0.254 e. The van der Waals surface area contributed by atoms with Crippen LogP contribution in [0.4, 0.5) is 17.3 Å². The fraction of sp³-hybridized carbons (Fsp3) is 0.353. The molecule has 2 N–H and O–H groups in total. The quantitative estimate of drug-likeness (QED) is 0.907. The third-order valence-corrected chi connectivity index (χ3v) is 3.79. The van der Waals surface area contributed by atoms with E-state index in [9.17, 15) is 4.79 Å². The van der Waals surface area contributed by atoms with Crippen LogP contribution in [0.2, 0.25) is 0 Å². The summed E-state index contributed by atoms with van der Waals surface area (Å²) in [6, 6.07) is 9.70. The van der Waals surface area contributed by atoms with Crippen LogP contribution in [0.15, 0.2) is 30.3 Å². The lowest BCUT2D eigenvalue weighted by Gasteiger charge is -2.11. The van der Waals surface area contributed by atoms with E-state index in [0.717, 1.165) is 24.1 Å². The van der Waals surface area contributed by atoms with Crippen LogP contribution in [0.3, 0.4) is 0 Å². The van der Waals surface area contributed by atoms with Gasteiger partial charge in [0.1, 0.15) is 6.10 Å². The third-order valence-electron chi connectivity index (χ3n) is 3.79.